The van der Waals surface area contributed by atoms with E-state index < -0.39 is 18.1 Å². The quantitative estimate of drug-likeness (QED) is 0.841. The summed E-state index contributed by atoms with van der Waals surface area (Å²) >= 11 is 5.67. The maximum atomic E-state index is 13.0. The molecule has 2 amide bonds. The number of urea groups is 1. The molecule has 2 N–H and O–H groups in total. The van der Waals surface area contributed by atoms with Crippen LogP contribution in [0.3, 0.4) is 0 Å². The van der Waals surface area contributed by atoms with Crippen molar-refractivity contribution in [2.75, 3.05) is 11.9 Å². The Kier molecular flexibility index (Phi) is 4.95. The van der Waals surface area contributed by atoms with Crippen molar-refractivity contribution in [1.29, 1.82) is 0 Å². The van der Waals surface area contributed by atoms with E-state index in [0.29, 0.717) is 6.61 Å². The lowest BCUT2D eigenvalue weighted by atomic mass is 10.2. The predicted octanol–water partition coefficient (Wildman–Crippen LogP) is 3.06. The number of carbonyl (C=O) groups excluding carboxylic acids is 1. The molecule has 0 bridgehead atoms. The molecule has 1 atom stereocenters. The van der Waals surface area contributed by atoms with Gasteiger partial charge in [0.15, 0.2) is 6.29 Å². The zero-order valence-electron chi connectivity index (χ0n) is 10.1. The number of nitrogens with one attached hydrogen (secondary N) is 2. The molecule has 0 aromatic heterocycles. The lowest BCUT2D eigenvalue weighted by Crippen LogP contribution is -2.35. The Morgan fingerprint density at radius 3 is 2.95 bits per heavy atom. The van der Waals surface area contributed by atoms with Gasteiger partial charge in [0.1, 0.15) is 5.82 Å². The minimum atomic E-state index is -0.615. The highest BCUT2D eigenvalue weighted by Crippen LogP contribution is 2.18. The molecule has 1 saturated heterocycles. The van der Waals surface area contributed by atoms with E-state index in [1.165, 1.54) is 6.07 Å². The van der Waals surface area contributed by atoms with Gasteiger partial charge < -0.3 is 10.1 Å². The van der Waals surface area contributed by atoms with Crippen LogP contribution in [0.25, 0.3) is 0 Å². The second-order valence-electron chi connectivity index (χ2n) is 4.13. The molecule has 1 aliphatic rings. The zero-order valence-corrected chi connectivity index (χ0v) is 10.9. The molecule has 0 aliphatic carbocycles. The molecule has 0 spiro atoms. The van der Waals surface area contributed by atoms with Gasteiger partial charge >= 0.3 is 6.03 Å². The summed E-state index contributed by atoms with van der Waals surface area (Å²) in [5.41, 5.74) is 2.45. The van der Waals surface area contributed by atoms with Gasteiger partial charge in [-0.3, -0.25) is 0 Å². The average Bonchev–Trinajstić information content (AvgIpc) is 2.36. The molecule has 1 heterocycles. The molecule has 19 heavy (non-hydrogen) atoms. The van der Waals surface area contributed by atoms with Gasteiger partial charge in [0.25, 0.3) is 0 Å². The van der Waals surface area contributed by atoms with E-state index in [9.17, 15) is 9.18 Å². The number of rotatable bonds is 3. The molecule has 0 radical (unpaired) electrons. The summed E-state index contributed by atoms with van der Waals surface area (Å²) in [6, 6.07) is 3.12. The summed E-state index contributed by atoms with van der Waals surface area (Å²) in [6.45, 7) is 0.619. The standard InChI is InChI=1S/C12H14ClFN2O3/c13-8-5-9(14)7-10(6-8)15-12(17)16-19-11-3-1-2-4-18-11/h5-7,11H,1-4H2,(H2,15,16,17). The van der Waals surface area contributed by atoms with Crippen molar-refractivity contribution < 1.29 is 18.8 Å². The topological polar surface area (TPSA) is 59.6 Å². The number of benzene rings is 1. The fourth-order valence-corrected chi connectivity index (χ4v) is 1.93. The number of hydrogen-bond donors (Lipinski definition) is 2. The first kappa shape index (κ1) is 14.0. The first-order chi connectivity index (χ1) is 9.13. The number of halogens is 2. The maximum Gasteiger partial charge on any atom is 0.343 e. The minimum absolute atomic E-state index is 0.201. The first-order valence-corrected chi connectivity index (χ1v) is 6.31. The third-order valence-electron chi connectivity index (χ3n) is 2.54. The largest absolute Gasteiger partial charge is 0.350 e. The van der Waals surface area contributed by atoms with E-state index in [1.807, 2.05) is 0 Å². The molecule has 0 saturated carbocycles. The molecule has 7 heteroatoms. The Balaban J connectivity index is 1.80. The molecular formula is C12H14ClFN2O3. The molecular weight excluding hydrogens is 275 g/mol. The van der Waals surface area contributed by atoms with Crippen LogP contribution in [-0.2, 0) is 9.57 Å². The summed E-state index contributed by atoms with van der Waals surface area (Å²) in [6.07, 6.45) is 2.28. The summed E-state index contributed by atoms with van der Waals surface area (Å²) in [7, 11) is 0. The van der Waals surface area contributed by atoms with Crippen molar-refractivity contribution in [3.8, 4) is 0 Å². The number of hydroxylamine groups is 1. The Labute approximate surface area is 115 Å². The van der Waals surface area contributed by atoms with Gasteiger partial charge in [0, 0.05) is 23.7 Å². The number of ether oxygens (including phenoxy) is 1. The Hall–Kier alpha value is -1.37. The van der Waals surface area contributed by atoms with Gasteiger partial charge in [0.2, 0.25) is 0 Å². The third-order valence-corrected chi connectivity index (χ3v) is 2.76. The van der Waals surface area contributed by atoms with Crippen molar-refractivity contribution in [3.05, 3.63) is 29.0 Å². The van der Waals surface area contributed by atoms with Crippen LogP contribution in [0.1, 0.15) is 19.3 Å². The highest BCUT2D eigenvalue weighted by atomic mass is 35.5. The molecule has 104 valence electrons. The van der Waals surface area contributed by atoms with Crippen molar-refractivity contribution >= 4 is 23.3 Å². The molecule has 1 aromatic rings. The fourth-order valence-electron chi connectivity index (χ4n) is 1.71. The van der Waals surface area contributed by atoms with Crippen LogP contribution in [0.4, 0.5) is 14.9 Å². The Morgan fingerprint density at radius 1 is 1.42 bits per heavy atom. The van der Waals surface area contributed by atoms with Crippen LogP contribution in [0.15, 0.2) is 18.2 Å². The lowest BCUT2D eigenvalue weighted by molar-refractivity contribution is -0.185. The zero-order chi connectivity index (χ0) is 13.7. The predicted molar refractivity (Wildman–Crippen MR) is 68.2 cm³/mol. The maximum absolute atomic E-state index is 13.0. The number of carbonyl (C=O) groups is 1. The summed E-state index contributed by atoms with van der Waals surface area (Å²) in [4.78, 5) is 16.6. The smallest absolute Gasteiger partial charge is 0.343 e. The molecule has 5 nitrogen and oxygen atoms in total. The van der Waals surface area contributed by atoms with Crippen LogP contribution >= 0.6 is 11.6 Å². The summed E-state index contributed by atoms with van der Waals surface area (Å²) < 4.78 is 18.3. The summed E-state index contributed by atoms with van der Waals surface area (Å²) in [5, 5.41) is 2.61. The summed E-state index contributed by atoms with van der Waals surface area (Å²) in [5.74, 6) is -0.528. The number of amides is 2. The van der Waals surface area contributed by atoms with E-state index in [4.69, 9.17) is 21.2 Å². The van der Waals surface area contributed by atoms with Crippen molar-refractivity contribution in [3.63, 3.8) is 0 Å². The fraction of sp³-hybridized carbons (Fsp3) is 0.417. The average molecular weight is 289 g/mol. The normalized spacial score (nSPS) is 18.9. The first-order valence-electron chi connectivity index (χ1n) is 5.94. The van der Waals surface area contributed by atoms with E-state index in [-0.39, 0.29) is 10.7 Å². The highest BCUT2D eigenvalue weighted by molar-refractivity contribution is 6.30. The van der Waals surface area contributed by atoms with Gasteiger partial charge in [0.05, 0.1) is 0 Å². The van der Waals surface area contributed by atoms with E-state index >= 15 is 0 Å². The third kappa shape index (κ3) is 4.66. The SMILES string of the molecule is O=C(NOC1CCCCO1)Nc1cc(F)cc(Cl)c1. The Bertz CT molecular complexity index is 432. The van der Waals surface area contributed by atoms with E-state index in [1.54, 1.807) is 0 Å². The van der Waals surface area contributed by atoms with E-state index in [2.05, 4.69) is 10.8 Å². The van der Waals surface area contributed by atoms with Crippen molar-refractivity contribution in [2.24, 2.45) is 0 Å². The van der Waals surface area contributed by atoms with Crippen LogP contribution in [0.5, 0.6) is 0 Å². The van der Waals surface area contributed by atoms with Crippen molar-refractivity contribution in [1.82, 2.24) is 5.48 Å². The van der Waals surface area contributed by atoms with Crippen LogP contribution < -0.4 is 10.8 Å². The van der Waals surface area contributed by atoms with Crippen molar-refractivity contribution in [2.45, 2.75) is 25.6 Å². The van der Waals surface area contributed by atoms with Crippen LogP contribution in [0, 0.1) is 5.82 Å². The monoisotopic (exact) mass is 288 g/mol. The molecule has 2 rings (SSSR count). The molecule has 1 aliphatic heterocycles. The van der Waals surface area contributed by atoms with Crippen LogP contribution in [-0.4, -0.2) is 18.9 Å². The van der Waals surface area contributed by atoms with Gasteiger partial charge in [-0.1, -0.05) is 11.6 Å². The molecule has 1 unspecified atom stereocenters. The lowest BCUT2D eigenvalue weighted by Gasteiger charge is -2.22. The molecule has 1 fully saturated rings. The second kappa shape index (κ2) is 6.70. The van der Waals surface area contributed by atoms with Gasteiger partial charge in [-0.25, -0.2) is 19.5 Å². The van der Waals surface area contributed by atoms with Gasteiger partial charge in [-0.15, -0.1) is 0 Å². The number of hydrogen-bond acceptors (Lipinski definition) is 3. The Morgan fingerprint density at radius 2 is 2.26 bits per heavy atom. The number of anilines is 1. The molecule has 1 aromatic carbocycles. The highest BCUT2D eigenvalue weighted by Gasteiger charge is 2.15. The van der Waals surface area contributed by atoms with Gasteiger partial charge in [-0.2, -0.15) is 0 Å². The van der Waals surface area contributed by atoms with Gasteiger partial charge in [-0.05, 0) is 31.0 Å². The van der Waals surface area contributed by atoms with Crippen LogP contribution in [0.2, 0.25) is 5.02 Å². The minimum Gasteiger partial charge on any atom is -0.350 e. The second-order valence-corrected chi connectivity index (χ2v) is 4.56. The van der Waals surface area contributed by atoms with E-state index in [0.717, 1.165) is 31.4 Å².